The number of ether oxygens (including phenoxy) is 2. The van der Waals surface area contributed by atoms with Crippen LogP contribution >= 0.6 is 0 Å². The molecule has 3 rings (SSSR count). The number of benzene rings is 2. The van der Waals surface area contributed by atoms with Gasteiger partial charge in [-0.15, -0.1) is 0 Å². The lowest BCUT2D eigenvalue weighted by molar-refractivity contribution is -0.385. The van der Waals surface area contributed by atoms with Crippen molar-refractivity contribution in [2.75, 3.05) is 13.2 Å². The van der Waals surface area contributed by atoms with Crippen LogP contribution < -0.4 is 14.8 Å². The Morgan fingerprint density at radius 1 is 1.20 bits per heavy atom. The number of amides is 1. The average Bonchev–Trinajstić information content (AvgIpc) is 2.83. The fraction of sp³-hybridized carbons (Fsp3) is 0.278. The van der Waals surface area contributed by atoms with Gasteiger partial charge in [-0.2, -0.15) is 0 Å². The summed E-state index contributed by atoms with van der Waals surface area (Å²) >= 11 is 0. The fourth-order valence-corrected chi connectivity index (χ4v) is 2.68. The van der Waals surface area contributed by atoms with Crippen molar-refractivity contribution in [3.63, 3.8) is 0 Å². The maximum absolute atomic E-state index is 12.4. The molecule has 0 fully saturated rings. The van der Waals surface area contributed by atoms with Gasteiger partial charge in [-0.25, -0.2) is 0 Å². The number of nitrogens with one attached hydrogen (secondary N) is 1. The highest BCUT2D eigenvalue weighted by Crippen LogP contribution is 2.30. The van der Waals surface area contributed by atoms with E-state index in [2.05, 4.69) is 5.32 Å². The van der Waals surface area contributed by atoms with Crippen LogP contribution in [0.2, 0.25) is 0 Å². The molecule has 25 heavy (non-hydrogen) atoms. The monoisotopic (exact) mass is 342 g/mol. The molecule has 7 nitrogen and oxygen atoms in total. The topological polar surface area (TPSA) is 90.7 Å². The molecule has 1 N–H and O–H groups in total. The molecule has 0 saturated carbocycles. The number of carbonyl (C=O) groups is 1. The first kappa shape index (κ1) is 16.8. The van der Waals surface area contributed by atoms with E-state index in [1.54, 1.807) is 25.1 Å². The summed E-state index contributed by atoms with van der Waals surface area (Å²) in [5.74, 6) is 0.843. The zero-order valence-electron chi connectivity index (χ0n) is 13.8. The normalized spacial score (nSPS) is 13.0. The number of fused-ring (bicyclic) bond motifs is 1. The van der Waals surface area contributed by atoms with Gasteiger partial charge < -0.3 is 14.8 Å². The van der Waals surface area contributed by atoms with Crippen LogP contribution in [0.1, 0.15) is 27.9 Å². The van der Waals surface area contributed by atoms with Crippen LogP contribution in [-0.4, -0.2) is 24.0 Å². The minimum atomic E-state index is -0.530. The maximum atomic E-state index is 12.4. The molecule has 7 heteroatoms. The van der Waals surface area contributed by atoms with Crippen LogP contribution in [0.3, 0.4) is 0 Å². The summed E-state index contributed by atoms with van der Waals surface area (Å²) in [7, 11) is 0. The van der Waals surface area contributed by atoms with Gasteiger partial charge in [-0.05, 0) is 30.7 Å². The molecule has 0 spiro atoms. The molecule has 0 bridgehead atoms. The SMILES string of the molecule is Cc1cccc(C(=O)NCc2ccc3c(c2)OCCCO3)c1[N+](=O)[O-]. The number of carbonyl (C=O) groups excluding carboxylic acids is 1. The maximum Gasteiger partial charge on any atom is 0.285 e. The molecule has 1 aliphatic rings. The minimum Gasteiger partial charge on any atom is -0.490 e. The van der Waals surface area contributed by atoms with Gasteiger partial charge >= 0.3 is 0 Å². The number of hydrogen-bond acceptors (Lipinski definition) is 5. The molecule has 1 amide bonds. The molecule has 130 valence electrons. The van der Waals surface area contributed by atoms with E-state index in [1.807, 2.05) is 12.1 Å². The summed E-state index contributed by atoms with van der Waals surface area (Å²) in [5, 5.41) is 13.9. The van der Waals surface area contributed by atoms with E-state index in [9.17, 15) is 14.9 Å². The number of nitro groups is 1. The van der Waals surface area contributed by atoms with Gasteiger partial charge in [0.15, 0.2) is 11.5 Å². The van der Waals surface area contributed by atoms with Crippen molar-refractivity contribution in [1.29, 1.82) is 0 Å². The molecule has 0 saturated heterocycles. The average molecular weight is 342 g/mol. The Morgan fingerprint density at radius 2 is 1.96 bits per heavy atom. The van der Waals surface area contributed by atoms with Crippen molar-refractivity contribution in [3.05, 3.63) is 63.2 Å². The smallest absolute Gasteiger partial charge is 0.285 e. The Balaban J connectivity index is 1.74. The predicted octanol–water partition coefficient (Wildman–Crippen LogP) is 2.99. The largest absolute Gasteiger partial charge is 0.490 e. The summed E-state index contributed by atoms with van der Waals surface area (Å²) in [4.78, 5) is 23.0. The molecule has 0 atom stereocenters. The summed E-state index contributed by atoms with van der Waals surface area (Å²) in [6, 6.07) is 10.1. The number of nitro benzene ring substituents is 1. The number of nitrogens with zero attached hydrogens (tertiary/aromatic N) is 1. The van der Waals surface area contributed by atoms with Crippen molar-refractivity contribution in [3.8, 4) is 11.5 Å². The summed E-state index contributed by atoms with van der Waals surface area (Å²) in [6.07, 6.45) is 0.817. The van der Waals surface area contributed by atoms with Crippen LogP contribution in [0.15, 0.2) is 36.4 Å². The lowest BCUT2D eigenvalue weighted by Crippen LogP contribution is -2.24. The van der Waals surface area contributed by atoms with Gasteiger partial charge in [0, 0.05) is 18.5 Å². The first-order valence-corrected chi connectivity index (χ1v) is 7.97. The van der Waals surface area contributed by atoms with E-state index in [-0.39, 0.29) is 17.8 Å². The number of aryl methyl sites for hydroxylation is 1. The summed E-state index contributed by atoms with van der Waals surface area (Å²) < 4.78 is 11.2. The van der Waals surface area contributed by atoms with Crippen molar-refractivity contribution in [1.82, 2.24) is 5.32 Å². The van der Waals surface area contributed by atoms with E-state index >= 15 is 0 Å². The third kappa shape index (κ3) is 3.71. The Labute approximate surface area is 144 Å². The number of para-hydroxylation sites is 1. The third-order valence-electron chi connectivity index (χ3n) is 3.93. The zero-order chi connectivity index (χ0) is 17.8. The van der Waals surface area contributed by atoms with E-state index in [0.29, 0.717) is 30.3 Å². The minimum absolute atomic E-state index is 0.0549. The second kappa shape index (κ2) is 7.21. The van der Waals surface area contributed by atoms with Crippen molar-refractivity contribution < 1.29 is 19.2 Å². The second-order valence-corrected chi connectivity index (χ2v) is 5.74. The lowest BCUT2D eigenvalue weighted by Gasteiger charge is -2.10. The molecular formula is C18H18N2O5. The molecule has 2 aromatic carbocycles. The number of rotatable bonds is 4. The van der Waals surface area contributed by atoms with Crippen LogP contribution in [0.4, 0.5) is 5.69 Å². The van der Waals surface area contributed by atoms with E-state index in [1.165, 1.54) is 6.07 Å². The highest BCUT2D eigenvalue weighted by Gasteiger charge is 2.22. The highest BCUT2D eigenvalue weighted by atomic mass is 16.6. The van der Waals surface area contributed by atoms with E-state index in [4.69, 9.17) is 9.47 Å². The van der Waals surface area contributed by atoms with E-state index in [0.717, 1.165) is 12.0 Å². The Hall–Kier alpha value is -3.09. The van der Waals surface area contributed by atoms with Crippen LogP contribution in [0.5, 0.6) is 11.5 Å². The van der Waals surface area contributed by atoms with Gasteiger partial charge in [0.2, 0.25) is 0 Å². The standard InChI is InChI=1S/C18H18N2O5/c1-12-4-2-5-14(17(12)20(22)23)18(21)19-11-13-6-7-15-16(10-13)25-9-3-8-24-15/h2,4-7,10H,3,8-9,11H2,1H3,(H,19,21). The first-order valence-electron chi connectivity index (χ1n) is 7.97. The Bertz CT molecular complexity index is 819. The molecule has 0 radical (unpaired) electrons. The van der Waals surface area contributed by atoms with Crippen molar-refractivity contribution >= 4 is 11.6 Å². The van der Waals surface area contributed by atoms with Gasteiger partial charge in [-0.3, -0.25) is 14.9 Å². The molecular weight excluding hydrogens is 324 g/mol. The molecule has 1 heterocycles. The van der Waals surface area contributed by atoms with Crippen molar-refractivity contribution in [2.24, 2.45) is 0 Å². The predicted molar refractivity (Wildman–Crippen MR) is 91.1 cm³/mol. The second-order valence-electron chi connectivity index (χ2n) is 5.74. The highest BCUT2D eigenvalue weighted by molar-refractivity contribution is 5.98. The van der Waals surface area contributed by atoms with Gasteiger partial charge in [0.25, 0.3) is 11.6 Å². The Morgan fingerprint density at radius 3 is 2.72 bits per heavy atom. The van der Waals surface area contributed by atoms with Crippen molar-refractivity contribution in [2.45, 2.75) is 19.9 Å². The molecule has 0 aliphatic carbocycles. The van der Waals surface area contributed by atoms with Gasteiger partial charge in [0.1, 0.15) is 5.56 Å². The number of hydrogen-bond donors (Lipinski definition) is 1. The lowest BCUT2D eigenvalue weighted by atomic mass is 10.1. The first-order chi connectivity index (χ1) is 12.1. The molecule has 0 unspecified atom stereocenters. The van der Waals surface area contributed by atoms with Crippen LogP contribution in [0.25, 0.3) is 0 Å². The Kier molecular flexibility index (Phi) is 4.83. The van der Waals surface area contributed by atoms with Gasteiger partial charge in [-0.1, -0.05) is 18.2 Å². The molecule has 0 aromatic heterocycles. The molecule has 2 aromatic rings. The van der Waals surface area contributed by atoms with Crippen LogP contribution in [-0.2, 0) is 6.54 Å². The molecule has 1 aliphatic heterocycles. The quantitative estimate of drug-likeness (QED) is 0.681. The summed E-state index contributed by atoms with van der Waals surface area (Å²) in [6.45, 7) is 3.04. The fourth-order valence-electron chi connectivity index (χ4n) is 2.68. The van der Waals surface area contributed by atoms with Crippen LogP contribution in [0, 0.1) is 17.0 Å². The summed E-state index contributed by atoms with van der Waals surface area (Å²) in [5.41, 5.74) is 1.17. The van der Waals surface area contributed by atoms with E-state index < -0.39 is 10.8 Å². The third-order valence-corrected chi connectivity index (χ3v) is 3.93. The van der Waals surface area contributed by atoms with Gasteiger partial charge in [0.05, 0.1) is 18.1 Å². The zero-order valence-corrected chi connectivity index (χ0v) is 13.8.